The number of hydrogen-bond donors (Lipinski definition) is 2. The molecule has 106 valence electrons. The van der Waals surface area contributed by atoms with Crippen molar-refractivity contribution in [2.45, 2.75) is 33.4 Å². The van der Waals surface area contributed by atoms with Gasteiger partial charge in [-0.25, -0.2) is 4.98 Å². The number of aromatic nitrogens is 1. The molecule has 0 saturated heterocycles. The first kappa shape index (κ1) is 15.4. The minimum absolute atomic E-state index is 0.0114. The summed E-state index contributed by atoms with van der Waals surface area (Å²) in [5.74, 6) is 0.817. The van der Waals surface area contributed by atoms with Gasteiger partial charge in [0.15, 0.2) is 0 Å². The van der Waals surface area contributed by atoms with Crippen LogP contribution in [0, 0.1) is 0 Å². The number of nitrogens with one attached hydrogen (secondary N) is 2. The number of rotatable bonds is 7. The first-order valence-corrected chi connectivity index (χ1v) is 6.69. The zero-order chi connectivity index (χ0) is 14.3. The number of amides is 1. The summed E-state index contributed by atoms with van der Waals surface area (Å²) in [5, 5.41) is 6.11. The Morgan fingerprint density at radius 3 is 2.68 bits per heavy atom. The maximum Gasteiger partial charge on any atom is 0.239 e. The lowest BCUT2D eigenvalue weighted by Gasteiger charge is -2.17. The van der Waals surface area contributed by atoms with Crippen molar-refractivity contribution in [1.82, 2.24) is 15.6 Å². The van der Waals surface area contributed by atoms with Gasteiger partial charge >= 0.3 is 0 Å². The zero-order valence-electron chi connectivity index (χ0n) is 12.2. The van der Waals surface area contributed by atoms with Crippen molar-refractivity contribution in [2.24, 2.45) is 0 Å². The lowest BCUT2D eigenvalue weighted by Crippen LogP contribution is -2.35. The third kappa shape index (κ3) is 5.70. The molecule has 1 rings (SSSR count). The van der Waals surface area contributed by atoms with E-state index in [4.69, 9.17) is 0 Å². The summed E-state index contributed by atoms with van der Waals surface area (Å²) in [6.45, 7) is 7.92. The van der Waals surface area contributed by atoms with Crippen molar-refractivity contribution in [3.8, 4) is 0 Å². The second kappa shape index (κ2) is 7.74. The molecular formula is C14H24N4O. The summed E-state index contributed by atoms with van der Waals surface area (Å²) in [5.41, 5.74) is 1.14. The van der Waals surface area contributed by atoms with Crippen LogP contribution in [0.1, 0.15) is 26.3 Å². The molecule has 0 fully saturated rings. The summed E-state index contributed by atoms with van der Waals surface area (Å²) < 4.78 is 0. The van der Waals surface area contributed by atoms with Crippen molar-refractivity contribution in [2.75, 3.05) is 25.0 Å². The van der Waals surface area contributed by atoms with Gasteiger partial charge in [-0.15, -0.1) is 0 Å². The highest BCUT2D eigenvalue weighted by atomic mass is 16.2. The average molecular weight is 264 g/mol. The van der Waals surface area contributed by atoms with Gasteiger partial charge in [-0.3, -0.25) is 4.79 Å². The molecule has 0 saturated carbocycles. The van der Waals surface area contributed by atoms with Crippen molar-refractivity contribution in [3.63, 3.8) is 0 Å². The third-order valence-corrected chi connectivity index (χ3v) is 2.67. The minimum atomic E-state index is 0.0114. The van der Waals surface area contributed by atoms with Gasteiger partial charge in [0, 0.05) is 32.4 Å². The van der Waals surface area contributed by atoms with Gasteiger partial charge in [0.05, 0.1) is 6.54 Å². The molecule has 1 aromatic heterocycles. The first-order chi connectivity index (χ1) is 9.02. The van der Waals surface area contributed by atoms with E-state index in [9.17, 15) is 4.79 Å². The fourth-order valence-electron chi connectivity index (χ4n) is 1.62. The van der Waals surface area contributed by atoms with Gasteiger partial charge in [-0.2, -0.15) is 0 Å². The number of hydrogen-bond acceptors (Lipinski definition) is 4. The SMILES string of the molecule is CCNC(=O)CN(C)c1ccc(CNC(C)C)cn1. The summed E-state index contributed by atoms with van der Waals surface area (Å²) in [7, 11) is 1.86. The lowest BCUT2D eigenvalue weighted by atomic mass is 10.2. The Kier molecular flexibility index (Phi) is 6.29. The molecule has 1 aromatic rings. The molecule has 19 heavy (non-hydrogen) atoms. The molecule has 0 spiro atoms. The Morgan fingerprint density at radius 1 is 1.42 bits per heavy atom. The smallest absolute Gasteiger partial charge is 0.239 e. The number of carbonyl (C=O) groups is 1. The summed E-state index contributed by atoms with van der Waals surface area (Å²) in [4.78, 5) is 17.7. The van der Waals surface area contributed by atoms with Gasteiger partial charge < -0.3 is 15.5 Å². The van der Waals surface area contributed by atoms with E-state index < -0.39 is 0 Å². The molecule has 0 unspecified atom stereocenters. The normalized spacial score (nSPS) is 10.6. The topological polar surface area (TPSA) is 57.3 Å². The Hall–Kier alpha value is -1.62. The van der Waals surface area contributed by atoms with E-state index in [0.29, 0.717) is 19.1 Å². The molecule has 0 aliphatic rings. The van der Waals surface area contributed by atoms with E-state index in [2.05, 4.69) is 29.5 Å². The number of nitrogens with zero attached hydrogens (tertiary/aromatic N) is 2. The summed E-state index contributed by atoms with van der Waals surface area (Å²) in [6.07, 6.45) is 1.85. The highest BCUT2D eigenvalue weighted by Gasteiger charge is 2.07. The Balaban J connectivity index is 2.52. The van der Waals surface area contributed by atoms with Gasteiger partial charge in [-0.05, 0) is 18.6 Å². The van der Waals surface area contributed by atoms with Gasteiger partial charge in [0.25, 0.3) is 0 Å². The molecule has 2 N–H and O–H groups in total. The van der Waals surface area contributed by atoms with Crippen LogP contribution in [0.3, 0.4) is 0 Å². The van der Waals surface area contributed by atoms with Crippen LogP contribution in [-0.4, -0.2) is 37.1 Å². The Bertz CT molecular complexity index is 389. The number of likely N-dealkylation sites (N-methyl/N-ethyl adjacent to an activating group) is 2. The molecule has 0 bridgehead atoms. The maximum atomic E-state index is 11.5. The van der Waals surface area contributed by atoms with Crippen molar-refractivity contribution in [3.05, 3.63) is 23.9 Å². The molecule has 0 atom stereocenters. The molecule has 0 radical (unpaired) electrons. The van der Waals surface area contributed by atoms with Crippen LogP contribution < -0.4 is 15.5 Å². The standard InChI is InChI=1S/C14H24N4O/c1-5-15-14(19)10-18(4)13-7-6-12(9-17-13)8-16-11(2)3/h6-7,9,11,16H,5,8,10H2,1-4H3,(H,15,19). The number of carbonyl (C=O) groups excluding carboxylic acids is 1. The molecular weight excluding hydrogens is 240 g/mol. The zero-order valence-corrected chi connectivity index (χ0v) is 12.2. The van der Waals surface area contributed by atoms with Crippen LogP contribution in [0.2, 0.25) is 0 Å². The maximum absolute atomic E-state index is 11.5. The van der Waals surface area contributed by atoms with E-state index in [1.54, 1.807) is 0 Å². The van der Waals surface area contributed by atoms with E-state index in [1.165, 1.54) is 0 Å². The molecule has 1 amide bonds. The molecule has 0 aliphatic heterocycles. The predicted molar refractivity (Wildman–Crippen MR) is 78.2 cm³/mol. The number of pyridine rings is 1. The highest BCUT2D eigenvalue weighted by molar-refractivity contribution is 5.80. The van der Waals surface area contributed by atoms with Crippen LogP contribution in [0.25, 0.3) is 0 Å². The van der Waals surface area contributed by atoms with Crippen LogP contribution in [-0.2, 0) is 11.3 Å². The van der Waals surface area contributed by atoms with E-state index >= 15 is 0 Å². The molecule has 0 aromatic carbocycles. The fraction of sp³-hybridized carbons (Fsp3) is 0.571. The minimum Gasteiger partial charge on any atom is -0.355 e. The van der Waals surface area contributed by atoms with Crippen molar-refractivity contribution in [1.29, 1.82) is 0 Å². The molecule has 5 nitrogen and oxygen atoms in total. The molecule has 0 aliphatic carbocycles. The van der Waals surface area contributed by atoms with Crippen LogP contribution >= 0.6 is 0 Å². The summed E-state index contributed by atoms with van der Waals surface area (Å²) >= 11 is 0. The van der Waals surface area contributed by atoms with E-state index in [0.717, 1.165) is 17.9 Å². The highest BCUT2D eigenvalue weighted by Crippen LogP contribution is 2.09. The van der Waals surface area contributed by atoms with Gasteiger partial charge in [0.1, 0.15) is 5.82 Å². The van der Waals surface area contributed by atoms with Gasteiger partial charge in [-0.1, -0.05) is 19.9 Å². The monoisotopic (exact) mass is 264 g/mol. The Morgan fingerprint density at radius 2 is 2.16 bits per heavy atom. The second-order valence-corrected chi connectivity index (χ2v) is 4.87. The fourth-order valence-corrected chi connectivity index (χ4v) is 1.62. The average Bonchev–Trinajstić information content (AvgIpc) is 2.37. The second-order valence-electron chi connectivity index (χ2n) is 4.87. The molecule has 5 heteroatoms. The van der Waals surface area contributed by atoms with Crippen molar-refractivity contribution >= 4 is 11.7 Å². The Labute approximate surface area is 115 Å². The molecule has 1 heterocycles. The van der Waals surface area contributed by atoms with Crippen LogP contribution in [0.5, 0.6) is 0 Å². The third-order valence-electron chi connectivity index (χ3n) is 2.67. The largest absolute Gasteiger partial charge is 0.355 e. The van der Waals surface area contributed by atoms with E-state index in [1.807, 2.05) is 37.2 Å². The number of anilines is 1. The first-order valence-electron chi connectivity index (χ1n) is 6.69. The summed E-state index contributed by atoms with van der Waals surface area (Å²) in [6, 6.07) is 4.43. The van der Waals surface area contributed by atoms with Gasteiger partial charge in [0.2, 0.25) is 5.91 Å². The predicted octanol–water partition coefficient (Wildman–Crippen LogP) is 1.15. The van der Waals surface area contributed by atoms with Crippen LogP contribution in [0.4, 0.5) is 5.82 Å². The van der Waals surface area contributed by atoms with Crippen LogP contribution in [0.15, 0.2) is 18.3 Å². The quantitative estimate of drug-likeness (QED) is 0.776. The van der Waals surface area contributed by atoms with E-state index in [-0.39, 0.29) is 5.91 Å². The van der Waals surface area contributed by atoms with Crippen molar-refractivity contribution < 1.29 is 4.79 Å². The lowest BCUT2D eigenvalue weighted by molar-refractivity contribution is -0.119.